The molecule has 0 amide bonds. The summed E-state index contributed by atoms with van der Waals surface area (Å²) < 4.78 is 0. The molecular formula is C34H70N3P. The number of allylic oxidation sites excluding steroid dienone is 3. The van der Waals surface area contributed by atoms with Crippen LogP contribution in [0.25, 0.3) is 0 Å². The number of nitrogens with zero attached hydrogens (tertiary/aromatic N) is 2. The highest BCUT2D eigenvalue weighted by Crippen LogP contribution is 2.34. The van der Waals surface area contributed by atoms with Gasteiger partial charge in [0.15, 0.2) is 0 Å². The molecule has 0 saturated carbocycles. The largest absolute Gasteiger partial charge is 0.315 e. The maximum absolute atomic E-state index is 3.42. The standard InChI is InChI=1S/C34H70N3P/c1-29(17-22-34(9,10)35-11)27-31(3,4)19-14-24-37(26-16-23-36(12)13)25-15-20-33(7,8)30(2)18-21-32(5,6)28-38/h17-18,35H,14-16,19-28,38H2,1-13H3/b29-17+,30-18+. The van der Waals surface area contributed by atoms with Crippen LogP contribution in [-0.4, -0.2) is 68.8 Å². The second-order valence-electron chi connectivity index (χ2n) is 15.3. The molecule has 226 valence electrons. The van der Waals surface area contributed by atoms with Crippen molar-refractivity contribution in [3.63, 3.8) is 0 Å². The van der Waals surface area contributed by atoms with E-state index < -0.39 is 0 Å². The molecule has 0 aromatic heterocycles. The predicted molar refractivity (Wildman–Crippen MR) is 179 cm³/mol. The van der Waals surface area contributed by atoms with Crippen molar-refractivity contribution in [2.24, 2.45) is 16.2 Å². The highest BCUT2D eigenvalue weighted by atomic mass is 31.0. The number of hydrogen-bond donors (Lipinski definition) is 1. The zero-order valence-corrected chi connectivity index (χ0v) is 29.5. The Bertz CT molecular complexity index is 701. The van der Waals surface area contributed by atoms with E-state index in [1.807, 2.05) is 0 Å². The van der Waals surface area contributed by atoms with E-state index in [1.165, 1.54) is 76.7 Å². The van der Waals surface area contributed by atoms with Gasteiger partial charge in [-0.3, -0.25) is 0 Å². The second kappa shape index (κ2) is 17.6. The minimum atomic E-state index is 0.173. The van der Waals surface area contributed by atoms with Crippen LogP contribution in [0.5, 0.6) is 0 Å². The Hall–Kier alpha value is -0.210. The number of nitrogens with one attached hydrogen (secondary N) is 1. The van der Waals surface area contributed by atoms with Gasteiger partial charge in [-0.1, -0.05) is 64.8 Å². The predicted octanol–water partition coefficient (Wildman–Crippen LogP) is 8.82. The van der Waals surface area contributed by atoms with E-state index in [-0.39, 0.29) is 11.0 Å². The molecule has 1 unspecified atom stereocenters. The maximum Gasteiger partial charge on any atom is 0.0156 e. The van der Waals surface area contributed by atoms with Crippen molar-refractivity contribution in [1.82, 2.24) is 15.1 Å². The van der Waals surface area contributed by atoms with Gasteiger partial charge < -0.3 is 15.1 Å². The van der Waals surface area contributed by atoms with E-state index in [0.717, 1.165) is 12.6 Å². The SMILES string of the molecule is CNC(C)(C)C/C=C(\C)CC(C)(C)CCCN(CCCN(C)C)CCCC(C)(C)/C(C)=C/CC(C)(C)CP. The number of hydrogen-bond acceptors (Lipinski definition) is 3. The van der Waals surface area contributed by atoms with E-state index in [0.29, 0.717) is 10.8 Å². The quantitative estimate of drug-likeness (QED) is 0.114. The van der Waals surface area contributed by atoms with Crippen LogP contribution in [0.3, 0.4) is 0 Å². The van der Waals surface area contributed by atoms with E-state index in [1.54, 1.807) is 5.57 Å². The Kier molecular flexibility index (Phi) is 17.5. The van der Waals surface area contributed by atoms with Gasteiger partial charge in [-0.15, -0.1) is 9.24 Å². The van der Waals surface area contributed by atoms with Gasteiger partial charge in [-0.2, -0.15) is 0 Å². The summed E-state index contributed by atoms with van der Waals surface area (Å²) in [5.74, 6) is 0. The van der Waals surface area contributed by atoms with Gasteiger partial charge in [-0.25, -0.2) is 0 Å². The maximum atomic E-state index is 3.42. The summed E-state index contributed by atoms with van der Waals surface area (Å²) in [7, 11) is 9.36. The molecule has 0 rings (SSSR count). The molecular weight excluding hydrogens is 481 g/mol. The fourth-order valence-electron chi connectivity index (χ4n) is 4.90. The Morgan fingerprint density at radius 1 is 0.737 bits per heavy atom. The van der Waals surface area contributed by atoms with Crippen molar-refractivity contribution in [3.8, 4) is 0 Å². The molecule has 0 aliphatic rings. The van der Waals surface area contributed by atoms with Crippen molar-refractivity contribution in [3.05, 3.63) is 23.3 Å². The molecule has 0 fully saturated rings. The van der Waals surface area contributed by atoms with Gasteiger partial charge in [0.2, 0.25) is 0 Å². The van der Waals surface area contributed by atoms with E-state index in [4.69, 9.17) is 0 Å². The van der Waals surface area contributed by atoms with Crippen LogP contribution in [0.15, 0.2) is 23.3 Å². The van der Waals surface area contributed by atoms with Crippen LogP contribution >= 0.6 is 9.24 Å². The molecule has 0 aliphatic carbocycles. The lowest BCUT2D eigenvalue weighted by molar-refractivity contribution is 0.217. The van der Waals surface area contributed by atoms with Crippen LogP contribution in [0.4, 0.5) is 0 Å². The fraction of sp³-hybridized carbons (Fsp3) is 0.882. The molecule has 0 radical (unpaired) electrons. The summed E-state index contributed by atoms with van der Waals surface area (Å²) in [5, 5.41) is 3.42. The van der Waals surface area contributed by atoms with Crippen LogP contribution < -0.4 is 5.32 Å². The molecule has 1 N–H and O–H groups in total. The van der Waals surface area contributed by atoms with Crippen molar-refractivity contribution in [2.75, 3.05) is 53.5 Å². The molecule has 3 nitrogen and oxygen atoms in total. The summed E-state index contributed by atoms with van der Waals surface area (Å²) in [6.45, 7) is 28.6. The van der Waals surface area contributed by atoms with Gasteiger partial charge in [-0.05, 0) is 149 Å². The molecule has 0 spiro atoms. The summed E-state index contributed by atoms with van der Waals surface area (Å²) in [5.41, 5.74) is 4.27. The Balaban J connectivity index is 4.93. The second-order valence-corrected chi connectivity index (χ2v) is 15.7. The third-order valence-corrected chi connectivity index (χ3v) is 9.76. The highest BCUT2D eigenvalue weighted by molar-refractivity contribution is 7.16. The summed E-state index contributed by atoms with van der Waals surface area (Å²) in [6, 6.07) is 0. The molecule has 1 atom stereocenters. The molecule has 0 bridgehead atoms. The van der Waals surface area contributed by atoms with Crippen LogP contribution in [0.2, 0.25) is 0 Å². The third-order valence-electron chi connectivity index (χ3n) is 8.66. The lowest BCUT2D eigenvalue weighted by Gasteiger charge is -2.31. The van der Waals surface area contributed by atoms with Crippen molar-refractivity contribution in [2.45, 2.75) is 126 Å². The minimum absolute atomic E-state index is 0.173. The fourth-order valence-corrected chi connectivity index (χ4v) is 5.07. The first-order valence-electron chi connectivity index (χ1n) is 15.4. The third kappa shape index (κ3) is 18.2. The van der Waals surface area contributed by atoms with E-state index in [2.05, 4.69) is 127 Å². The van der Waals surface area contributed by atoms with Gasteiger partial charge >= 0.3 is 0 Å². The van der Waals surface area contributed by atoms with Gasteiger partial charge in [0.1, 0.15) is 0 Å². The molecule has 0 aromatic carbocycles. The monoisotopic (exact) mass is 552 g/mol. The first-order chi connectivity index (χ1) is 17.3. The minimum Gasteiger partial charge on any atom is -0.315 e. The van der Waals surface area contributed by atoms with Crippen LogP contribution in [-0.2, 0) is 0 Å². The highest BCUT2D eigenvalue weighted by Gasteiger charge is 2.23. The molecule has 0 aromatic rings. The number of rotatable bonds is 21. The Morgan fingerprint density at radius 2 is 1.29 bits per heavy atom. The smallest absolute Gasteiger partial charge is 0.0156 e. The first-order valence-corrected chi connectivity index (χ1v) is 16.3. The molecule has 0 heterocycles. The molecule has 0 saturated heterocycles. The molecule has 38 heavy (non-hydrogen) atoms. The average molecular weight is 552 g/mol. The Labute approximate surface area is 243 Å². The molecule has 4 heteroatoms. The molecule has 0 aliphatic heterocycles. The van der Waals surface area contributed by atoms with Crippen molar-refractivity contribution < 1.29 is 0 Å². The first kappa shape index (κ1) is 37.8. The lowest BCUT2D eigenvalue weighted by atomic mass is 9.79. The zero-order chi connectivity index (χ0) is 29.6. The van der Waals surface area contributed by atoms with E-state index >= 15 is 0 Å². The Morgan fingerprint density at radius 3 is 1.82 bits per heavy atom. The van der Waals surface area contributed by atoms with E-state index in [9.17, 15) is 0 Å². The summed E-state index contributed by atoms with van der Waals surface area (Å²) in [6.07, 6.45) is 15.9. The lowest BCUT2D eigenvalue weighted by Crippen LogP contribution is -2.35. The average Bonchev–Trinajstić information content (AvgIpc) is 2.80. The van der Waals surface area contributed by atoms with Crippen molar-refractivity contribution >= 4 is 9.24 Å². The summed E-state index contributed by atoms with van der Waals surface area (Å²) in [4.78, 5) is 5.07. The van der Waals surface area contributed by atoms with Crippen LogP contribution in [0.1, 0.15) is 121 Å². The summed E-state index contributed by atoms with van der Waals surface area (Å²) >= 11 is 0. The zero-order valence-electron chi connectivity index (χ0n) is 28.3. The topological polar surface area (TPSA) is 18.5 Å². The van der Waals surface area contributed by atoms with Gasteiger partial charge in [0.05, 0.1) is 0 Å². The van der Waals surface area contributed by atoms with Crippen LogP contribution in [0, 0.1) is 16.2 Å². The van der Waals surface area contributed by atoms with Gasteiger partial charge in [0, 0.05) is 5.54 Å². The van der Waals surface area contributed by atoms with Crippen molar-refractivity contribution in [1.29, 1.82) is 0 Å². The normalized spacial score (nSPS) is 14.7. The van der Waals surface area contributed by atoms with Gasteiger partial charge in [0.25, 0.3) is 0 Å².